The van der Waals surface area contributed by atoms with Crippen molar-refractivity contribution in [1.82, 2.24) is 4.57 Å². The fourth-order valence-corrected chi connectivity index (χ4v) is 4.91. The van der Waals surface area contributed by atoms with Crippen molar-refractivity contribution in [2.75, 3.05) is 0 Å². The molecule has 1 aromatic heterocycles. The molecule has 0 saturated carbocycles. The van der Waals surface area contributed by atoms with Crippen LogP contribution in [-0.2, 0) is 17.6 Å². The van der Waals surface area contributed by atoms with E-state index >= 15 is 0 Å². The minimum Gasteiger partial charge on any atom is -0.486 e. The van der Waals surface area contributed by atoms with Crippen molar-refractivity contribution in [2.45, 2.75) is 66.4 Å². The van der Waals surface area contributed by atoms with Crippen LogP contribution in [0, 0.1) is 19.8 Å². The molecule has 1 atom stereocenters. The van der Waals surface area contributed by atoms with Crippen LogP contribution in [0.3, 0.4) is 0 Å². The molecule has 0 aliphatic carbocycles. The van der Waals surface area contributed by atoms with Crippen LogP contribution >= 0.6 is 0 Å². The third kappa shape index (κ3) is 6.16. The lowest BCUT2D eigenvalue weighted by atomic mass is 10.0. The number of benzene rings is 3. The van der Waals surface area contributed by atoms with Gasteiger partial charge >= 0.3 is 5.97 Å². The van der Waals surface area contributed by atoms with Gasteiger partial charge in [0, 0.05) is 23.6 Å². The molecular formula is C33H37NO4. The molecule has 0 amide bonds. The molecule has 0 saturated heterocycles. The van der Waals surface area contributed by atoms with Gasteiger partial charge in [-0.1, -0.05) is 56.3 Å². The number of rotatable bonds is 10. The van der Waals surface area contributed by atoms with Crippen LogP contribution in [0.2, 0.25) is 0 Å². The summed E-state index contributed by atoms with van der Waals surface area (Å²) >= 11 is 0. The summed E-state index contributed by atoms with van der Waals surface area (Å²) in [5.41, 5.74) is 6.76. The summed E-state index contributed by atoms with van der Waals surface area (Å²) in [7, 11) is 0. The first kappa shape index (κ1) is 27.2. The standard InChI is InChI=1S/C33H37NO4/c1-21(2)17-25-13-15-26(16-14-25)24(5)38-31-19-28(18-22(3)23(31)4)33(37)34-20-27(9-8-12-32(35)36)29-10-6-7-11-30(29)34/h6-7,10-11,13-16,18-21,24H,8-9,12,17H2,1-5H3,(H,35,36). The number of hydrogen-bond donors (Lipinski definition) is 1. The molecule has 1 unspecified atom stereocenters. The number of aryl methyl sites for hydroxylation is 2. The molecule has 0 spiro atoms. The third-order valence-electron chi connectivity index (χ3n) is 7.11. The second-order valence-electron chi connectivity index (χ2n) is 10.6. The number of carbonyl (C=O) groups excluding carboxylic acids is 1. The van der Waals surface area contributed by atoms with Crippen LogP contribution in [0.15, 0.2) is 66.9 Å². The van der Waals surface area contributed by atoms with Crippen LogP contribution in [0.4, 0.5) is 0 Å². The quantitative estimate of drug-likeness (QED) is 0.237. The van der Waals surface area contributed by atoms with Crippen molar-refractivity contribution >= 4 is 22.8 Å². The van der Waals surface area contributed by atoms with Crippen molar-refractivity contribution in [3.8, 4) is 5.75 Å². The summed E-state index contributed by atoms with van der Waals surface area (Å²) in [6.45, 7) is 10.5. The molecule has 0 fully saturated rings. The number of fused-ring (bicyclic) bond motifs is 1. The lowest BCUT2D eigenvalue weighted by molar-refractivity contribution is -0.137. The summed E-state index contributed by atoms with van der Waals surface area (Å²) in [4.78, 5) is 24.8. The van der Waals surface area contributed by atoms with E-state index in [9.17, 15) is 9.59 Å². The monoisotopic (exact) mass is 511 g/mol. The van der Waals surface area contributed by atoms with E-state index in [0.29, 0.717) is 30.1 Å². The number of aliphatic carboxylic acids is 1. The molecule has 5 nitrogen and oxygen atoms in total. The zero-order chi connectivity index (χ0) is 27.4. The highest BCUT2D eigenvalue weighted by molar-refractivity contribution is 6.03. The summed E-state index contributed by atoms with van der Waals surface area (Å²) in [6, 6.07) is 20.1. The van der Waals surface area contributed by atoms with Crippen LogP contribution in [0.25, 0.3) is 10.9 Å². The van der Waals surface area contributed by atoms with Crippen LogP contribution < -0.4 is 4.74 Å². The molecular weight excluding hydrogens is 474 g/mol. The van der Waals surface area contributed by atoms with Gasteiger partial charge in [0.25, 0.3) is 5.91 Å². The molecule has 0 radical (unpaired) electrons. The van der Waals surface area contributed by atoms with E-state index in [2.05, 4.69) is 38.1 Å². The minimum atomic E-state index is -0.812. The van der Waals surface area contributed by atoms with Gasteiger partial charge in [-0.15, -0.1) is 0 Å². The first-order chi connectivity index (χ1) is 18.1. The van der Waals surface area contributed by atoms with E-state index in [1.165, 1.54) is 5.56 Å². The van der Waals surface area contributed by atoms with E-state index in [1.54, 1.807) is 4.57 Å². The van der Waals surface area contributed by atoms with Gasteiger partial charge in [-0.05, 0) is 92.0 Å². The second kappa shape index (κ2) is 11.7. The first-order valence-corrected chi connectivity index (χ1v) is 13.4. The topological polar surface area (TPSA) is 68.5 Å². The Balaban J connectivity index is 1.61. The molecule has 1 N–H and O–H groups in total. The number of carboxylic acids is 1. The number of hydrogen-bond acceptors (Lipinski definition) is 3. The summed E-state index contributed by atoms with van der Waals surface area (Å²) in [5.74, 6) is 0.362. The molecule has 0 bridgehead atoms. The molecule has 4 aromatic rings. The number of carboxylic acid groups (broad SMARTS) is 1. The smallest absolute Gasteiger partial charge is 0.303 e. The SMILES string of the molecule is Cc1cc(C(=O)n2cc(CCCC(=O)O)c3ccccc32)cc(OC(C)c2ccc(CC(C)C)cc2)c1C. The summed E-state index contributed by atoms with van der Waals surface area (Å²) in [5, 5.41) is 10.0. The second-order valence-corrected chi connectivity index (χ2v) is 10.6. The average Bonchev–Trinajstić information content (AvgIpc) is 3.24. The fraction of sp³-hybridized carbons (Fsp3) is 0.333. The lowest BCUT2D eigenvalue weighted by Crippen LogP contribution is -2.12. The highest BCUT2D eigenvalue weighted by Crippen LogP contribution is 2.31. The van der Waals surface area contributed by atoms with Crippen LogP contribution in [0.5, 0.6) is 5.75 Å². The number of aromatic nitrogens is 1. The van der Waals surface area contributed by atoms with Gasteiger partial charge in [0.05, 0.1) is 5.52 Å². The number of ether oxygens (including phenoxy) is 1. The zero-order valence-electron chi connectivity index (χ0n) is 23.0. The van der Waals surface area contributed by atoms with E-state index < -0.39 is 5.97 Å². The highest BCUT2D eigenvalue weighted by Gasteiger charge is 2.19. The van der Waals surface area contributed by atoms with E-state index in [4.69, 9.17) is 9.84 Å². The molecule has 1 heterocycles. The van der Waals surface area contributed by atoms with Gasteiger partial charge in [-0.3, -0.25) is 14.2 Å². The Bertz CT molecular complexity index is 1450. The van der Waals surface area contributed by atoms with Crippen molar-refractivity contribution in [2.24, 2.45) is 5.92 Å². The summed E-state index contributed by atoms with van der Waals surface area (Å²) in [6.07, 6.45) is 3.96. The molecule has 0 aliphatic rings. The van der Waals surface area contributed by atoms with Gasteiger partial charge < -0.3 is 9.84 Å². The Kier molecular flexibility index (Phi) is 8.35. The Morgan fingerprint density at radius 3 is 2.37 bits per heavy atom. The molecule has 198 valence electrons. The Labute approximate surface area is 225 Å². The molecule has 0 aliphatic heterocycles. The van der Waals surface area contributed by atoms with E-state index in [1.807, 2.05) is 63.4 Å². The maximum atomic E-state index is 13.8. The maximum Gasteiger partial charge on any atom is 0.303 e. The molecule has 5 heteroatoms. The predicted octanol–water partition coefficient (Wildman–Crippen LogP) is 7.69. The molecule has 38 heavy (non-hydrogen) atoms. The van der Waals surface area contributed by atoms with Gasteiger partial charge in [0.15, 0.2) is 0 Å². The number of nitrogens with zero attached hydrogens (tertiary/aromatic N) is 1. The van der Waals surface area contributed by atoms with Gasteiger partial charge in [0.1, 0.15) is 11.9 Å². The van der Waals surface area contributed by atoms with Crippen molar-refractivity contribution in [3.05, 3.63) is 100 Å². The van der Waals surface area contributed by atoms with Crippen molar-refractivity contribution in [1.29, 1.82) is 0 Å². The number of para-hydroxylation sites is 1. The third-order valence-corrected chi connectivity index (χ3v) is 7.11. The van der Waals surface area contributed by atoms with Crippen molar-refractivity contribution < 1.29 is 19.4 Å². The van der Waals surface area contributed by atoms with Crippen LogP contribution in [-0.4, -0.2) is 21.6 Å². The minimum absolute atomic E-state index is 0.101. The van der Waals surface area contributed by atoms with Gasteiger partial charge in [0.2, 0.25) is 0 Å². The summed E-state index contributed by atoms with van der Waals surface area (Å²) < 4.78 is 8.09. The zero-order valence-corrected chi connectivity index (χ0v) is 23.0. The Morgan fingerprint density at radius 2 is 1.68 bits per heavy atom. The van der Waals surface area contributed by atoms with Gasteiger partial charge in [-0.2, -0.15) is 0 Å². The molecule has 4 rings (SSSR count). The molecule has 3 aromatic carbocycles. The maximum absolute atomic E-state index is 13.8. The fourth-order valence-electron chi connectivity index (χ4n) is 4.91. The predicted molar refractivity (Wildman–Crippen MR) is 152 cm³/mol. The largest absolute Gasteiger partial charge is 0.486 e. The van der Waals surface area contributed by atoms with Gasteiger partial charge in [-0.25, -0.2) is 0 Å². The lowest BCUT2D eigenvalue weighted by Gasteiger charge is -2.19. The van der Waals surface area contributed by atoms with E-state index in [0.717, 1.165) is 39.6 Å². The Morgan fingerprint density at radius 1 is 0.974 bits per heavy atom. The average molecular weight is 512 g/mol. The highest BCUT2D eigenvalue weighted by atomic mass is 16.5. The number of carbonyl (C=O) groups is 2. The Hall–Kier alpha value is -3.86. The van der Waals surface area contributed by atoms with Crippen LogP contribution in [0.1, 0.15) is 77.9 Å². The first-order valence-electron chi connectivity index (χ1n) is 13.4. The normalized spacial score (nSPS) is 12.2. The van der Waals surface area contributed by atoms with Crippen molar-refractivity contribution in [3.63, 3.8) is 0 Å². The van der Waals surface area contributed by atoms with E-state index in [-0.39, 0.29) is 18.4 Å².